The van der Waals surface area contributed by atoms with E-state index in [-0.39, 0.29) is 34.3 Å². The van der Waals surface area contributed by atoms with E-state index in [1.807, 2.05) is 0 Å². The molecule has 8 heteroatoms. The van der Waals surface area contributed by atoms with Crippen LogP contribution in [-0.4, -0.2) is 38.9 Å². The average molecular weight is 380 g/mol. The Kier molecular flexibility index (Phi) is 5.00. The Balaban J connectivity index is 2.17. The first-order valence-electron chi connectivity index (χ1n) is 6.39. The highest BCUT2D eigenvalue weighted by molar-refractivity contribution is 9.10. The second-order valence-corrected chi connectivity index (χ2v) is 7.54. The van der Waals surface area contributed by atoms with Crippen LogP contribution in [0.2, 0.25) is 0 Å². The summed E-state index contributed by atoms with van der Waals surface area (Å²) < 4.78 is 44.3. The summed E-state index contributed by atoms with van der Waals surface area (Å²) in [5.74, 6) is -1.08. The number of methoxy groups -OCH3 is 1. The van der Waals surface area contributed by atoms with Crippen molar-refractivity contribution in [3.63, 3.8) is 0 Å². The van der Waals surface area contributed by atoms with Gasteiger partial charge in [0.2, 0.25) is 10.0 Å². The highest BCUT2D eigenvalue weighted by atomic mass is 79.9. The number of sulfonamides is 1. The van der Waals surface area contributed by atoms with Gasteiger partial charge in [0, 0.05) is 17.6 Å². The van der Waals surface area contributed by atoms with Gasteiger partial charge in [-0.3, -0.25) is 4.79 Å². The molecule has 5 nitrogen and oxygen atoms in total. The lowest BCUT2D eigenvalue weighted by molar-refractivity contribution is -0.146. The van der Waals surface area contributed by atoms with Crippen LogP contribution in [0.25, 0.3) is 0 Å². The molecule has 0 amide bonds. The van der Waals surface area contributed by atoms with Crippen molar-refractivity contribution in [1.29, 1.82) is 0 Å². The summed E-state index contributed by atoms with van der Waals surface area (Å²) >= 11 is 3.08. The second kappa shape index (κ2) is 6.41. The van der Waals surface area contributed by atoms with E-state index in [1.54, 1.807) is 0 Å². The standard InChI is InChI=1S/C13H15BrFNO4S/c1-20-13(17)9-4-6-16(7-5-9)21(18,19)12-3-2-10(15)8-11(12)14/h2-3,8-9H,4-7H2,1H3. The van der Waals surface area contributed by atoms with Crippen LogP contribution in [0.1, 0.15) is 12.8 Å². The minimum absolute atomic E-state index is 0.0282. The number of carbonyl (C=O) groups excluding carboxylic acids is 1. The van der Waals surface area contributed by atoms with Gasteiger partial charge in [-0.15, -0.1) is 0 Å². The molecular formula is C13H15BrFNO4S. The summed E-state index contributed by atoms with van der Waals surface area (Å²) in [6.45, 7) is 0.484. The molecule has 1 aliphatic heterocycles. The van der Waals surface area contributed by atoms with E-state index in [4.69, 9.17) is 0 Å². The molecule has 0 saturated carbocycles. The topological polar surface area (TPSA) is 63.7 Å². The molecule has 1 aromatic rings. The van der Waals surface area contributed by atoms with Gasteiger partial charge in [0.25, 0.3) is 0 Å². The Labute approximate surface area is 131 Å². The first-order chi connectivity index (χ1) is 9.86. The Bertz CT molecular complexity index is 642. The van der Waals surface area contributed by atoms with Crippen LogP contribution in [0.3, 0.4) is 0 Å². The number of hydrogen-bond acceptors (Lipinski definition) is 4. The Morgan fingerprint density at radius 3 is 2.52 bits per heavy atom. The van der Waals surface area contributed by atoms with Crippen molar-refractivity contribution in [3.05, 3.63) is 28.5 Å². The summed E-state index contributed by atoms with van der Waals surface area (Å²) in [4.78, 5) is 11.5. The number of carbonyl (C=O) groups is 1. The Morgan fingerprint density at radius 2 is 2.00 bits per heavy atom. The van der Waals surface area contributed by atoms with Gasteiger partial charge in [-0.05, 0) is 47.0 Å². The molecule has 0 N–H and O–H groups in total. The number of benzene rings is 1. The maximum absolute atomic E-state index is 13.1. The number of esters is 1. The normalized spacial score (nSPS) is 17.7. The number of ether oxygens (including phenoxy) is 1. The van der Waals surface area contributed by atoms with Crippen molar-refractivity contribution in [1.82, 2.24) is 4.31 Å². The van der Waals surface area contributed by atoms with E-state index in [0.29, 0.717) is 12.8 Å². The predicted molar refractivity (Wildman–Crippen MR) is 77.6 cm³/mol. The monoisotopic (exact) mass is 379 g/mol. The average Bonchev–Trinajstić information content (AvgIpc) is 2.46. The van der Waals surface area contributed by atoms with Crippen LogP contribution in [0.15, 0.2) is 27.6 Å². The number of rotatable bonds is 3. The lowest BCUT2D eigenvalue weighted by atomic mass is 9.99. The van der Waals surface area contributed by atoms with Crippen molar-refractivity contribution < 1.29 is 22.3 Å². The van der Waals surface area contributed by atoms with Crippen LogP contribution in [0, 0.1) is 11.7 Å². The van der Waals surface area contributed by atoms with Crippen molar-refractivity contribution in [2.24, 2.45) is 5.92 Å². The maximum Gasteiger partial charge on any atom is 0.308 e. The molecule has 0 atom stereocenters. The van der Waals surface area contributed by atoms with Gasteiger partial charge in [0.05, 0.1) is 17.9 Å². The Morgan fingerprint density at radius 1 is 1.38 bits per heavy atom. The number of piperidine rings is 1. The zero-order chi connectivity index (χ0) is 15.6. The molecule has 1 aromatic carbocycles. The molecule has 1 heterocycles. The molecule has 0 aromatic heterocycles. The van der Waals surface area contributed by atoms with E-state index in [9.17, 15) is 17.6 Å². The smallest absolute Gasteiger partial charge is 0.308 e. The minimum Gasteiger partial charge on any atom is -0.469 e. The fraction of sp³-hybridized carbons (Fsp3) is 0.462. The fourth-order valence-electron chi connectivity index (χ4n) is 2.32. The lowest BCUT2D eigenvalue weighted by Gasteiger charge is -2.30. The molecule has 116 valence electrons. The summed E-state index contributed by atoms with van der Waals surface area (Å²) in [5.41, 5.74) is 0. The zero-order valence-corrected chi connectivity index (χ0v) is 13.8. The van der Waals surface area contributed by atoms with Crippen molar-refractivity contribution in [3.8, 4) is 0 Å². The van der Waals surface area contributed by atoms with Crippen molar-refractivity contribution in [2.75, 3.05) is 20.2 Å². The minimum atomic E-state index is -3.70. The third-order valence-corrected chi connectivity index (χ3v) is 6.38. The highest BCUT2D eigenvalue weighted by Gasteiger charge is 2.33. The van der Waals surface area contributed by atoms with Gasteiger partial charge in [-0.2, -0.15) is 4.31 Å². The van der Waals surface area contributed by atoms with Crippen molar-refractivity contribution >= 4 is 31.9 Å². The van der Waals surface area contributed by atoms with Crippen LogP contribution >= 0.6 is 15.9 Å². The Hall–Kier alpha value is -0.990. The molecule has 1 fully saturated rings. The first-order valence-corrected chi connectivity index (χ1v) is 8.62. The van der Waals surface area contributed by atoms with Gasteiger partial charge in [0.15, 0.2) is 0 Å². The van der Waals surface area contributed by atoms with E-state index >= 15 is 0 Å². The van der Waals surface area contributed by atoms with Crippen molar-refractivity contribution in [2.45, 2.75) is 17.7 Å². The molecule has 0 radical (unpaired) electrons. The third kappa shape index (κ3) is 3.44. The van der Waals surface area contributed by atoms with E-state index < -0.39 is 15.8 Å². The summed E-state index contributed by atoms with van der Waals surface area (Å²) in [6, 6.07) is 3.47. The van der Waals surface area contributed by atoms with Crippen LogP contribution < -0.4 is 0 Å². The quantitative estimate of drug-likeness (QED) is 0.754. The molecule has 1 saturated heterocycles. The summed E-state index contributed by atoms with van der Waals surface area (Å²) in [5, 5.41) is 0. The summed E-state index contributed by atoms with van der Waals surface area (Å²) in [7, 11) is -2.38. The van der Waals surface area contributed by atoms with Gasteiger partial charge in [0.1, 0.15) is 5.82 Å². The van der Waals surface area contributed by atoms with E-state index in [0.717, 1.165) is 12.1 Å². The molecule has 0 spiro atoms. The molecule has 21 heavy (non-hydrogen) atoms. The van der Waals surface area contributed by atoms with Gasteiger partial charge in [-0.1, -0.05) is 0 Å². The first kappa shape index (κ1) is 16.4. The lowest BCUT2D eigenvalue weighted by Crippen LogP contribution is -2.40. The molecule has 1 aliphatic rings. The largest absolute Gasteiger partial charge is 0.469 e. The molecular weight excluding hydrogens is 365 g/mol. The van der Waals surface area contributed by atoms with Gasteiger partial charge in [-0.25, -0.2) is 12.8 Å². The van der Waals surface area contributed by atoms with Crippen LogP contribution in [-0.2, 0) is 19.6 Å². The molecule has 0 bridgehead atoms. The number of nitrogens with zero attached hydrogens (tertiary/aromatic N) is 1. The van der Waals surface area contributed by atoms with E-state index in [1.165, 1.54) is 17.5 Å². The van der Waals surface area contributed by atoms with Gasteiger partial charge >= 0.3 is 5.97 Å². The van der Waals surface area contributed by atoms with Crippen LogP contribution in [0.5, 0.6) is 0 Å². The maximum atomic E-state index is 13.1. The van der Waals surface area contributed by atoms with E-state index in [2.05, 4.69) is 20.7 Å². The second-order valence-electron chi connectivity index (χ2n) is 4.78. The number of hydrogen-bond donors (Lipinski definition) is 0. The molecule has 2 rings (SSSR count). The highest BCUT2D eigenvalue weighted by Crippen LogP contribution is 2.29. The molecule has 0 aliphatic carbocycles. The van der Waals surface area contributed by atoms with Crippen LogP contribution in [0.4, 0.5) is 4.39 Å². The predicted octanol–water partition coefficient (Wildman–Crippen LogP) is 2.16. The SMILES string of the molecule is COC(=O)C1CCN(S(=O)(=O)c2ccc(F)cc2Br)CC1. The fourth-order valence-corrected chi connectivity index (χ4v) is 4.80. The third-order valence-electron chi connectivity index (χ3n) is 3.50. The number of halogens is 2. The van der Waals surface area contributed by atoms with Gasteiger partial charge < -0.3 is 4.74 Å². The zero-order valence-electron chi connectivity index (χ0n) is 11.4. The molecule has 0 unspecified atom stereocenters. The summed E-state index contributed by atoms with van der Waals surface area (Å²) in [6.07, 6.45) is 0.843.